The van der Waals surface area contributed by atoms with Gasteiger partial charge in [-0.15, -0.1) is 11.3 Å². The number of thiophene rings is 1. The van der Waals surface area contributed by atoms with Gasteiger partial charge in [-0.05, 0) is 35.9 Å². The van der Waals surface area contributed by atoms with Crippen LogP contribution in [-0.2, 0) is 5.41 Å². The molecule has 20 heavy (non-hydrogen) atoms. The lowest BCUT2D eigenvalue weighted by atomic mass is 9.91. The van der Waals surface area contributed by atoms with E-state index in [9.17, 15) is 0 Å². The van der Waals surface area contributed by atoms with Crippen molar-refractivity contribution in [3.05, 3.63) is 52.5 Å². The predicted molar refractivity (Wildman–Crippen MR) is 88.8 cm³/mol. The van der Waals surface area contributed by atoms with Crippen LogP contribution in [0.25, 0.3) is 21.3 Å². The molecule has 3 aromatic rings. The highest BCUT2D eigenvalue weighted by molar-refractivity contribution is 7.19. The molecule has 0 fully saturated rings. The first-order chi connectivity index (χ1) is 9.43. The van der Waals surface area contributed by atoms with Gasteiger partial charge in [0.1, 0.15) is 0 Å². The summed E-state index contributed by atoms with van der Waals surface area (Å²) in [6, 6.07) is 14.7. The summed E-state index contributed by atoms with van der Waals surface area (Å²) in [5.74, 6) is 0. The molecule has 0 aliphatic carbocycles. The largest absolute Gasteiger partial charge is 0.252 e. The average molecular weight is 302 g/mol. The van der Waals surface area contributed by atoms with E-state index in [2.05, 4.69) is 57.2 Å². The summed E-state index contributed by atoms with van der Waals surface area (Å²) in [6.07, 6.45) is 0. The zero-order valence-corrected chi connectivity index (χ0v) is 13.3. The molecular formula is C17H16ClNS. The van der Waals surface area contributed by atoms with Gasteiger partial charge in [0.15, 0.2) is 0 Å². The smallest absolute Gasteiger partial charge is 0.0934 e. The predicted octanol–water partition coefficient (Wildman–Crippen LogP) is 5.91. The summed E-state index contributed by atoms with van der Waals surface area (Å²) in [6.45, 7) is 6.55. The van der Waals surface area contributed by atoms with Gasteiger partial charge >= 0.3 is 0 Å². The van der Waals surface area contributed by atoms with Gasteiger partial charge < -0.3 is 0 Å². The number of aromatic nitrogens is 1. The number of fused-ring (bicyclic) bond motifs is 1. The molecule has 0 aliphatic heterocycles. The van der Waals surface area contributed by atoms with E-state index in [4.69, 9.17) is 16.6 Å². The third-order valence-electron chi connectivity index (χ3n) is 3.32. The van der Waals surface area contributed by atoms with E-state index in [0.717, 1.165) is 15.5 Å². The Labute approximate surface area is 128 Å². The zero-order chi connectivity index (χ0) is 14.3. The van der Waals surface area contributed by atoms with Crippen LogP contribution >= 0.6 is 22.9 Å². The van der Waals surface area contributed by atoms with E-state index in [1.165, 1.54) is 15.8 Å². The molecular weight excluding hydrogens is 286 g/mol. The number of pyridine rings is 1. The number of halogens is 1. The highest BCUT2D eigenvalue weighted by atomic mass is 35.5. The van der Waals surface area contributed by atoms with Crippen molar-refractivity contribution < 1.29 is 0 Å². The van der Waals surface area contributed by atoms with Crippen LogP contribution < -0.4 is 0 Å². The maximum Gasteiger partial charge on any atom is 0.0934 e. The first-order valence-electron chi connectivity index (χ1n) is 6.60. The SMILES string of the molecule is CC(C)(C)c1ccc2cc(-c3ccc(Cl)s3)ccc2n1. The molecule has 102 valence electrons. The van der Waals surface area contributed by atoms with Crippen LogP contribution in [0.5, 0.6) is 0 Å². The minimum absolute atomic E-state index is 0.0775. The Bertz CT molecular complexity index is 768. The molecule has 0 bridgehead atoms. The maximum absolute atomic E-state index is 6.01. The van der Waals surface area contributed by atoms with Gasteiger partial charge in [0.05, 0.1) is 9.85 Å². The Morgan fingerprint density at radius 3 is 2.45 bits per heavy atom. The van der Waals surface area contributed by atoms with Gasteiger partial charge in [0.2, 0.25) is 0 Å². The Balaban J connectivity index is 2.09. The molecule has 1 nitrogen and oxygen atoms in total. The molecule has 0 spiro atoms. The Morgan fingerprint density at radius 2 is 1.80 bits per heavy atom. The summed E-state index contributed by atoms with van der Waals surface area (Å²) in [5, 5.41) is 1.17. The van der Waals surface area contributed by atoms with Crippen LogP contribution in [0.15, 0.2) is 42.5 Å². The molecule has 0 atom stereocenters. The van der Waals surface area contributed by atoms with Crippen LogP contribution in [0, 0.1) is 0 Å². The van der Waals surface area contributed by atoms with Crippen LogP contribution in [0.4, 0.5) is 0 Å². The van der Waals surface area contributed by atoms with Gasteiger partial charge in [-0.25, -0.2) is 0 Å². The van der Waals surface area contributed by atoms with Crippen LogP contribution in [-0.4, -0.2) is 4.98 Å². The summed E-state index contributed by atoms with van der Waals surface area (Å²) in [5.41, 5.74) is 3.44. The van der Waals surface area contributed by atoms with Gasteiger partial charge in [-0.1, -0.05) is 44.5 Å². The molecule has 0 saturated heterocycles. The Kier molecular flexibility index (Phi) is 3.31. The number of benzene rings is 1. The molecule has 2 heterocycles. The second-order valence-electron chi connectivity index (χ2n) is 5.96. The van der Waals surface area contributed by atoms with Crippen molar-refractivity contribution in [3.8, 4) is 10.4 Å². The minimum Gasteiger partial charge on any atom is -0.252 e. The molecule has 0 saturated carbocycles. The molecule has 3 rings (SSSR count). The van der Waals surface area contributed by atoms with Crippen molar-refractivity contribution >= 4 is 33.8 Å². The van der Waals surface area contributed by atoms with E-state index in [1.807, 2.05) is 6.07 Å². The number of hydrogen-bond acceptors (Lipinski definition) is 2. The van der Waals surface area contributed by atoms with E-state index >= 15 is 0 Å². The molecule has 0 amide bonds. The zero-order valence-electron chi connectivity index (χ0n) is 11.8. The first-order valence-corrected chi connectivity index (χ1v) is 7.80. The molecule has 2 aromatic heterocycles. The van der Waals surface area contributed by atoms with Crippen molar-refractivity contribution in [1.29, 1.82) is 0 Å². The van der Waals surface area contributed by atoms with Gasteiger partial charge in [0, 0.05) is 21.4 Å². The lowest BCUT2D eigenvalue weighted by Crippen LogP contribution is -2.13. The summed E-state index contributed by atoms with van der Waals surface area (Å²) < 4.78 is 0.821. The Hall–Kier alpha value is -1.38. The van der Waals surface area contributed by atoms with Gasteiger partial charge in [-0.3, -0.25) is 4.98 Å². The number of nitrogens with zero attached hydrogens (tertiary/aromatic N) is 1. The molecule has 0 aliphatic rings. The standard InChI is InChI=1S/C17H16ClNS/c1-17(2,3)15-8-5-11-10-12(4-6-13(11)19-15)14-7-9-16(18)20-14/h4-10H,1-3H3. The quantitative estimate of drug-likeness (QED) is 0.544. The average Bonchev–Trinajstić information content (AvgIpc) is 2.83. The van der Waals surface area contributed by atoms with Crippen molar-refractivity contribution in [3.63, 3.8) is 0 Å². The maximum atomic E-state index is 6.01. The topological polar surface area (TPSA) is 12.9 Å². The Morgan fingerprint density at radius 1 is 1.00 bits per heavy atom. The molecule has 0 radical (unpaired) electrons. The number of rotatable bonds is 1. The van der Waals surface area contributed by atoms with Crippen LogP contribution in [0.1, 0.15) is 26.5 Å². The second-order valence-corrected chi connectivity index (χ2v) is 7.67. The first kappa shape index (κ1) is 13.6. The second kappa shape index (κ2) is 4.87. The molecule has 0 unspecified atom stereocenters. The molecule has 3 heteroatoms. The van der Waals surface area contributed by atoms with Crippen LogP contribution in [0.2, 0.25) is 4.34 Å². The van der Waals surface area contributed by atoms with Gasteiger partial charge in [-0.2, -0.15) is 0 Å². The third-order valence-corrected chi connectivity index (χ3v) is 4.60. The van der Waals surface area contributed by atoms with Gasteiger partial charge in [0.25, 0.3) is 0 Å². The van der Waals surface area contributed by atoms with Crippen molar-refractivity contribution in [1.82, 2.24) is 4.98 Å². The monoisotopic (exact) mass is 301 g/mol. The van der Waals surface area contributed by atoms with E-state index < -0.39 is 0 Å². The minimum atomic E-state index is 0.0775. The summed E-state index contributed by atoms with van der Waals surface area (Å²) >= 11 is 7.61. The van der Waals surface area contributed by atoms with Crippen LogP contribution in [0.3, 0.4) is 0 Å². The van der Waals surface area contributed by atoms with Crippen molar-refractivity contribution in [2.75, 3.05) is 0 Å². The number of hydrogen-bond donors (Lipinski definition) is 0. The highest BCUT2D eigenvalue weighted by Crippen LogP contribution is 2.33. The van der Waals surface area contributed by atoms with E-state index in [1.54, 1.807) is 11.3 Å². The van der Waals surface area contributed by atoms with E-state index in [0.29, 0.717) is 0 Å². The highest BCUT2D eigenvalue weighted by Gasteiger charge is 2.15. The van der Waals surface area contributed by atoms with Crippen molar-refractivity contribution in [2.45, 2.75) is 26.2 Å². The summed E-state index contributed by atoms with van der Waals surface area (Å²) in [7, 11) is 0. The normalized spacial score (nSPS) is 12.0. The summed E-state index contributed by atoms with van der Waals surface area (Å²) in [4.78, 5) is 5.96. The third kappa shape index (κ3) is 2.58. The van der Waals surface area contributed by atoms with Crippen molar-refractivity contribution in [2.24, 2.45) is 0 Å². The fourth-order valence-corrected chi connectivity index (χ4v) is 3.21. The molecule has 1 aromatic carbocycles. The lowest BCUT2D eigenvalue weighted by Gasteiger charge is -2.18. The fraction of sp³-hybridized carbons (Fsp3) is 0.235. The van der Waals surface area contributed by atoms with E-state index in [-0.39, 0.29) is 5.41 Å². The fourth-order valence-electron chi connectivity index (χ4n) is 2.17. The lowest BCUT2D eigenvalue weighted by molar-refractivity contribution is 0.571. The molecule has 0 N–H and O–H groups in total.